The fraction of sp³-hybridized carbons (Fsp3) is 0.800. The molecule has 1 unspecified atom stereocenters. The molecule has 1 aliphatic rings. The molecule has 0 aromatic heterocycles. The number of hydrogen-bond donors (Lipinski definition) is 1. The van der Waals surface area contributed by atoms with Gasteiger partial charge in [0.25, 0.3) is 0 Å². The zero-order valence-electron chi connectivity index (χ0n) is 13.0. The third kappa shape index (κ3) is 6.66. The SMILES string of the molecule is C=CCSCCNCC1CCCN1C(=O)OC(C)(C)C. The number of carbonyl (C=O) groups excluding carboxylic acids is 1. The number of rotatable bonds is 7. The van der Waals surface area contributed by atoms with Crippen LogP contribution in [0.15, 0.2) is 12.7 Å². The predicted octanol–water partition coefficient (Wildman–Crippen LogP) is 2.89. The number of hydrogen-bond acceptors (Lipinski definition) is 4. The Morgan fingerprint density at radius 1 is 1.55 bits per heavy atom. The van der Waals surface area contributed by atoms with Gasteiger partial charge in [0.1, 0.15) is 5.60 Å². The minimum Gasteiger partial charge on any atom is -0.444 e. The number of ether oxygens (including phenoxy) is 1. The summed E-state index contributed by atoms with van der Waals surface area (Å²) in [7, 11) is 0. The van der Waals surface area contributed by atoms with E-state index in [1.165, 1.54) is 0 Å². The van der Waals surface area contributed by atoms with Gasteiger partial charge in [0.05, 0.1) is 0 Å². The molecule has 20 heavy (non-hydrogen) atoms. The third-order valence-corrected chi connectivity index (χ3v) is 4.01. The highest BCUT2D eigenvalue weighted by atomic mass is 32.2. The van der Waals surface area contributed by atoms with E-state index in [2.05, 4.69) is 11.9 Å². The van der Waals surface area contributed by atoms with Crippen molar-refractivity contribution in [3.63, 3.8) is 0 Å². The molecule has 1 aliphatic heterocycles. The van der Waals surface area contributed by atoms with Crippen LogP contribution in [0.2, 0.25) is 0 Å². The van der Waals surface area contributed by atoms with Gasteiger partial charge in [0.15, 0.2) is 0 Å². The first kappa shape index (κ1) is 17.4. The van der Waals surface area contributed by atoms with Crippen LogP contribution in [0.4, 0.5) is 4.79 Å². The Bertz CT molecular complexity index is 315. The molecule has 1 atom stereocenters. The van der Waals surface area contributed by atoms with Crippen molar-refractivity contribution < 1.29 is 9.53 Å². The lowest BCUT2D eigenvalue weighted by Crippen LogP contribution is -2.44. The summed E-state index contributed by atoms with van der Waals surface area (Å²) in [5.41, 5.74) is -0.418. The van der Waals surface area contributed by atoms with Crippen LogP contribution in [0.5, 0.6) is 0 Å². The summed E-state index contributed by atoms with van der Waals surface area (Å²) in [6, 6.07) is 0.272. The second-order valence-electron chi connectivity index (χ2n) is 6.04. The second-order valence-corrected chi connectivity index (χ2v) is 7.19. The molecule has 1 fully saturated rings. The number of carbonyl (C=O) groups is 1. The lowest BCUT2D eigenvalue weighted by Gasteiger charge is -2.28. The van der Waals surface area contributed by atoms with E-state index in [1.807, 2.05) is 43.5 Å². The topological polar surface area (TPSA) is 41.6 Å². The van der Waals surface area contributed by atoms with Crippen molar-refractivity contribution >= 4 is 17.9 Å². The number of nitrogens with one attached hydrogen (secondary N) is 1. The maximum atomic E-state index is 12.1. The average molecular weight is 300 g/mol. The van der Waals surface area contributed by atoms with E-state index in [1.54, 1.807) is 0 Å². The Kier molecular flexibility index (Phi) is 7.45. The summed E-state index contributed by atoms with van der Waals surface area (Å²) in [6.45, 7) is 12.1. The molecule has 0 aliphatic carbocycles. The van der Waals surface area contributed by atoms with Crippen LogP contribution < -0.4 is 5.32 Å². The molecule has 1 N–H and O–H groups in total. The van der Waals surface area contributed by atoms with E-state index >= 15 is 0 Å². The molecule has 0 radical (unpaired) electrons. The van der Waals surface area contributed by atoms with Crippen molar-refractivity contribution in [3.05, 3.63) is 12.7 Å². The number of thioether (sulfide) groups is 1. The molecule has 4 nitrogen and oxygen atoms in total. The third-order valence-electron chi connectivity index (χ3n) is 3.04. The largest absolute Gasteiger partial charge is 0.444 e. The normalized spacial score (nSPS) is 19.1. The lowest BCUT2D eigenvalue weighted by molar-refractivity contribution is 0.0227. The maximum absolute atomic E-state index is 12.1. The van der Waals surface area contributed by atoms with Crippen molar-refractivity contribution in [2.24, 2.45) is 0 Å². The lowest BCUT2D eigenvalue weighted by atomic mass is 10.2. The fourth-order valence-corrected chi connectivity index (χ4v) is 2.81. The molecule has 0 bridgehead atoms. The number of nitrogens with zero attached hydrogens (tertiary/aromatic N) is 1. The van der Waals surface area contributed by atoms with Crippen LogP contribution in [0.3, 0.4) is 0 Å². The zero-order valence-corrected chi connectivity index (χ0v) is 13.8. The standard InChI is InChI=1S/C15H28N2O2S/c1-5-10-20-11-8-16-12-13-7-6-9-17(13)14(18)19-15(2,3)4/h5,13,16H,1,6-12H2,2-4H3. The zero-order chi connectivity index (χ0) is 15.0. The van der Waals surface area contributed by atoms with E-state index in [0.717, 1.165) is 44.0 Å². The van der Waals surface area contributed by atoms with Gasteiger partial charge in [-0.25, -0.2) is 4.79 Å². The first-order valence-electron chi connectivity index (χ1n) is 7.33. The number of likely N-dealkylation sites (tertiary alicyclic amines) is 1. The van der Waals surface area contributed by atoms with Gasteiger partial charge in [0.2, 0.25) is 0 Å². The molecule has 1 heterocycles. The van der Waals surface area contributed by atoms with Crippen LogP contribution in [0.1, 0.15) is 33.6 Å². The van der Waals surface area contributed by atoms with Gasteiger partial charge < -0.3 is 15.0 Å². The van der Waals surface area contributed by atoms with E-state index in [-0.39, 0.29) is 12.1 Å². The van der Waals surface area contributed by atoms with Crippen LogP contribution in [0.25, 0.3) is 0 Å². The Labute approximate surface area is 127 Å². The summed E-state index contributed by atoms with van der Waals surface area (Å²) < 4.78 is 5.46. The molecule has 0 aromatic rings. The average Bonchev–Trinajstić information content (AvgIpc) is 2.80. The Morgan fingerprint density at radius 2 is 2.30 bits per heavy atom. The minimum absolute atomic E-state index is 0.178. The van der Waals surface area contributed by atoms with E-state index < -0.39 is 5.60 Å². The predicted molar refractivity (Wildman–Crippen MR) is 86.4 cm³/mol. The first-order valence-corrected chi connectivity index (χ1v) is 8.48. The summed E-state index contributed by atoms with van der Waals surface area (Å²) in [6.07, 6.45) is 3.87. The first-order chi connectivity index (χ1) is 9.44. The fourth-order valence-electron chi connectivity index (χ4n) is 2.19. The van der Waals surface area contributed by atoms with Crippen molar-refractivity contribution in [1.82, 2.24) is 10.2 Å². The molecule has 5 heteroatoms. The molecule has 0 saturated carbocycles. The van der Waals surface area contributed by atoms with Gasteiger partial charge in [-0.05, 0) is 33.6 Å². The van der Waals surface area contributed by atoms with Gasteiger partial charge in [-0.15, -0.1) is 6.58 Å². The van der Waals surface area contributed by atoms with Crippen LogP contribution in [-0.2, 0) is 4.74 Å². The number of amides is 1. The minimum atomic E-state index is -0.418. The van der Waals surface area contributed by atoms with Gasteiger partial charge in [-0.2, -0.15) is 11.8 Å². The smallest absolute Gasteiger partial charge is 0.410 e. The van der Waals surface area contributed by atoms with Crippen molar-refractivity contribution in [3.8, 4) is 0 Å². The van der Waals surface area contributed by atoms with Gasteiger partial charge >= 0.3 is 6.09 Å². The van der Waals surface area contributed by atoms with E-state index in [4.69, 9.17) is 4.74 Å². The highest BCUT2D eigenvalue weighted by Gasteiger charge is 2.31. The Morgan fingerprint density at radius 3 is 2.95 bits per heavy atom. The molecule has 1 saturated heterocycles. The molecular weight excluding hydrogens is 272 g/mol. The molecule has 116 valence electrons. The summed E-state index contributed by atoms with van der Waals surface area (Å²) in [5, 5.41) is 3.43. The highest BCUT2D eigenvalue weighted by molar-refractivity contribution is 7.99. The summed E-state index contributed by atoms with van der Waals surface area (Å²) in [5.74, 6) is 2.07. The molecule has 1 rings (SSSR count). The summed E-state index contributed by atoms with van der Waals surface area (Å²) >= 11 is 1.86. The van der Waals surface area contributed by atoms with E-state index in [9.17, 15) is 4.79 Å². The molecule has 1 amide bonds. The van der Waals surface area contributed by atoms with Gasteiger partial charge in [-0.3, -0.25) is 0 Å². The molecule has 0 spiro atoms. The maximum Gasteiger partial charge on any atom is 0.410 e. The van der Waals surface area contributed by atoms with Gasteiger partial charge in [-0.1, -0.05) is 6.08 Å². The second kappa shape index (κ2) is 8.57. The van der Waals surface area contributed by atoms with Crippen molar-refractivity contribution in [1.29, 1.82) is 0 Å². The van der Waals surface area contributed by atoms with Crippen LogP contribution in [-0.4, -0.2) is 53.8 Å². The summed E-state index contributed by atoms with van der Waals surface area (Å²) in [4.78, 5) is 14.0. The Hall–Kier alpha value is -0.680. The highest BCUT2D eigenvalue weighted by Crippen LogP contribution is 2.20. The van der Waals surface area contributed by atoms with E-state index in [0.29, 0.717) is 0 Å². The van der Waals surface area contributed by atoms with Crippen molar-refractivity contribution in [2.45, 2.75) is 45.3 Å². The molecular formula is C15H28N2O2S. The molecule has 0 aromatic carbocycles. The van der Waals surface area contributed by atoms with Crippen LogP contribution >= 0.6 is 11.8 Å². The van der Waals surface area contributed by atoms with Crippen LogP contribution in [0, 0.1) is 0 Å². The monoisotopic (exact) mass is 300 g/mol. The van der Waals surface area contributed by atoms with Crippen molar-refractivity contribution in [2.75, 3.05) is 31.1 Å². The van der Waals surface area contributed by atoms with Gasteiger partial charge in [0, 0.05) is 37.2 Å². The quantitative estimate of drug-likeness (QED) is 0.580. The Balaban J connectivity index is 2.27.